The van der Waals surface area contributed by atoms with Gasteiger partial charge in [-0.25, -0.2) is 4.79 Å². The number of nitrogens with zero attached hydrogens (tertiary/aromatic N) is 2. The van der Waals surface area contributed by atoms with Crippen LogP contribution in [0.4, 0.5) is 5.69 Å². The number of aromatic nitrogens is 2. The second-order valence-corrected chi connectivity index (χ2v) is 6.55. The summed E-state index contributed by atoms with van der Waals surface area (Å²) in [6.07, 6.45) is 1.93. The number of hydrogen-bond donors (Lipinski definition) is 1. The Morgan fingerprint density at radius 1 is 1.31 bits per heavy atom. The molecule has 0 saturated heterocycles. The minimum Gasteiger partial charge on any atom is -0.459 e. The van der Waals surface area contributed by atoms with Gasteiger partial charge in [-0.2, -0.15) is 0 Å². The highest BCUT2D eigenvalue weighted by Gasteiger charge is 2.17. The van der Waals surface area contributed by atoms with Crippen LogP contribution in [0.25, 0.3) is 11.7 Å². The van der Waals surface area contributed by atoms with Crippen LogP contribution in [-0.2, 0) is 16.1 Å². The third kappa shape index (κ3) is 3.47. The van der Waals surface area contributed by atoms with E-state index in [0.29, 0.717) is 29.2 Å². The first-order chi connectivity index (χ1) is 12.7. The average molecular weight is 371 g/mol. The largest absolute Gasteiger partial charge is 0.459 e. The number of hydrogen-bond acceptors (Lipinski definition) is 8. The zero-order valence-corrected chi connectivity index (χ0v) is 14.2. The molecule has 26 heavy (non-hydrogen) atoms. The molecule has 3 heterocycles. The Kier molecular flexibility index (Phi) is 4.44. The number of carbonyl (C=O) groups excluding carboxylic acids is 2. The molecular weight excluding hydrogens is 358 g/mol. The third-order valence-electron chi connectivity index (χ3n) is 3.60. The fourth-order valence-corrected chi connectivity index (χ4v) is 3.31. The molecule has 0 atom stereocenters. The number of fused-ring (bicyclic) bond motifs is 1. The summed E-state index contributed by atoms with van der Waals surface area (Å²) in [7, 11) is 0. The highest BCUT2D eigenvalue weighted by atomic mass is 32.2. The number of furan rings is 1. The van der Waals surface area contributed by atoms with Crippen LogP contribution in [-0.4, -0.2) is 27.8 Å². The number of thioether (sulfide) groups is 1. The lowest BCUT2D eigenvalue weighted by atomic mass is 10.2. The maximum atomic E-state index is 12.3. The summed E-state index contributed by atoms with van der Waals surface area (Å²) < 4.78 is 15.7. The SMILES string of the molecule is O=C1CCSc2ccc(C(=O)OCc3nnc(-c4ccco4)o3)cc2N1. The number of esters is 1. The van der Waals surface area contributed by atoms with Crippen LogP contribution < -0.4 is 5.32 Å². The number of anilines is 1. The molecule has 1 amide bonds. The predicted molar refractivity (Wildman–Crippen MR) is 91.5 cm³/mol. The third-order valence-corrected chi connectivity index (χ3v) is 4.68. The average Bonchev–Trinajstić information content (AvgIpc) is 3.28. The van der Waals surface area contributed by atoms with Crippen LogP contribution in [0.1, 0.15) is 22.7 Å². The van der Waals surface area contributed by atoms with E-state index in [2.05, 4.69) is 15.5 Å². The summed E-state index contributed by atoms with van der Waals surface area (Å²) >= 11 is 1.57. The molecule has 0 fully saturated rings. The summed E-state index contributed by atoms with van der Waals surface area (Å²) in [6.45, 7) is -0.162. The number of benzene rings is 1. The molecule has 0 aliphatic carbocycles. The monoisotopic (exact) mass is 371 g/mol. The van der Waals surface area contributed by atoms with Crippen molar-refractivity contribution in [2.45, 2.75) is 17.9 Å². The number of carbonyl (C=O) groups is 2. The zero-order chi connectivity index (χ0) is 17.9. The van der Waals surface area contributed by atoms with Crippen molar-refractivity contribution in [2.24, 2.45) is 0 Å². The summed E-state index contributed by atoms with van der Waals surface area (Å²) in [5.41, 5.74) is 0.946. The molecule has 0 bridgehead atoms. The molecule has 8 nitrogen and oxygen atoms in total. The lowest BCUT2D eigenvalue weighted by Gasteiger charge is -2.08. The van der Waals surface area contributed by atoms with Crippen molar-refractivity contribution in [3.8, 4) is 11.7 Å². The van der Waals surface area contributed by atoms with E-state index < -0.39 is 5.97 Å². The van der Waals surface area contributed by atoms with E-state index in [9.17, 15) is 9.59 Å². The highest BCUT2D eigenvalue weighted by Crippen LogP contribution is 2.31. The van der Waals surface area contributed by atoms with Gasteiger partial charge in [0.1, 0.15) is 0 Å². The van der Waals surface area contributed by atoms with Crippen molar-refractivity contribution in [3.05, 3.63) is 48.0 Å². The van der Waals surface area contributed by atoms with E-state index in [0.717, 1.165) is 4.90 Å². The van der Waals surface area contributed by atoms with Crippen molar-refractivity contribution in [3.63, 3.8) is 0 Å². The standard InChI is InChI=1S/C17H13N3O5S/c21-14-5-7-26-13-4-3-10(8-11(13)18-14)17(22)24-9-15-19-20-16(25-15)12-2-1-6-23-12/h1-4,6,8H,5,7,9H2,(H,18,21). The van der Waals surface area contributed by atoms with E-state index >= 15 is 0 Å². The van der Waals surface area contributed by atoms with Crippen LogP contribution in [0.5, 0.6) is 0 Å². The predicted octanol–water partition coefficient (Wildman–Crippen LogP) is 3.12. The maximum absolute atomic E-state index is 12.3. The van der Waals surface area contributed by atoms with Gasteiger partial charge >= 0.3 is 5.97 Å². The number of ether oxygens (including phenoxy) is 1. The zero-order valence-electron chi connectivity index (χ0n) is 13.4. The normalized spacial score (nSPS) is 13.6. The number of amides is 1. The van der Waals surface area contributed by atoms with E-state index in [1.165, 1.54) is 6.26 Å². The van der Waals surface area contributed by atoms with Gasteiger partial charge in [0.05, 0.1) is 17.5 Å². The van der Waals surface area contributed by atoms with Crippen molar-refractivity contribution < 1.29 is 23.2 Å². The number of rotatable bonds is 4. The molecule has 0 unspecified atom stereocenters. The Morgan fingerprint density at radius 3 is 3.08 bits per heavy atom. The first kappa shape index (κ1) is 16.4. The van der Waals surface area contributed by atoms with E-state index in [1.54, 1.807) is 42.1 Å². The van der Waals surface area contributed by atoms with E-state index in [1.807, 2.05) is 0 Å². The smallest absolute Gasteiger partial charge is 0.338 e. The van der Waals surface area contributed by atoms with Crippen LogP contribution in [0, 0.1) is 0 Å². The van der Waals surface area contributed by atoms with Crippen LogP contribution in [0.15, 0.2) is 50.3 Å². The molecule has 1 aliphatic rings. The number of nitrogens with one attached hydrogen (secondary N) is 1. The van der Waals surface area contributed by atoms with Crippen molar-refractivity contribution in [1.29, 1.82) is 0 Å². The van der Waals surface area contributed by atoms with Gasteiger partial charge in [0.15, 0.2) is 12.4 Å². The molecule has 132 valence electrons. The van der Waals surface area contributed by atoms with Gasteiger partial charge in [0.25, 0.3) is 11.8 Å². The van der Waals surface area contributed by atoms with Gasteiger partial charge in [-0.1, -0.05) is 0 Å². The Hall–Kier alpha value is -3.07. The summed E-state index contributed by atoms with van der Waals surface area (Å²) in [5, 5.41) is 10.4. The van der Waals surface area contributed by atoms with Gasteiger partial charge in [0, 0.05) is 17.1 Å². The Balaban J connectivity index is 1.43. The molecule has 0 saturated carbocycles. The van der Waals surface area contributed by atoms with E-state index in [-0.39, 0.29) is 24.3 Å². The fraction of sp³-hybridized carbons (Fsp3) is 0.176. The fourth-order valence-electron chi connectivity index (χ4n) is 2.37. The van der Waals surface area contributed by atoms with Crippen molar-refractivity contribution in [1.82, 2.24) is 10.2 Å². The quantitative estimate of drug-likeness (QED) is 0.697. The Morgan fingerprint density at radius 2 is 2.23 bits per heavy atom. The first-order valence-electron chi connectivity index (χ1n) is 7.79. The Bertz CT molecular complexity index is 951. The van der Waals surface area contributed by atoms with Crippen molar-refractivity contribution >= 4 is 29.3 Å². The second-order valence-electron chi connectivity index (χ2n) is 5.41. The molecule has 1 aliphatic heterocycles. The van der Waals surface area contributed by atoms with Gasteiger partial charge in [-0.15, -0.1) is 22.0 Å². The molecule has 1 N–H and O–H groups in total. The molecule has 9 heteroatoms. The lowest BCUT2D eigenvalue weighted by Crippen LogP contribution is -2.11. The second kappa shape index (κ2) is 7.04. The van der Waals surface area contributed by atoms with Crippen molar-refractivity contribution in [2.75, 3.05) is 11.1 Å². The molecule has 0 spiro atoms. The molecule has 0 radical (unpaired) electrons. The minimum absolute atomic E-state index is 0.0712. The van der Waals surface area contributed by atoms with E-state index in [4.69, 9.17) is 13.6 Å². The Labute approximate surface area is 151 Å². The summed E-state index contributed by atoms with van der Waals surface area (Å²) in [6, 6.07) is 8.45. The molecule has 3 aromatic rings. The van der Waals surface area contributed by atoms with Crippen LogP contribution in [0.2, 0.25) is 0 Å². The van der Waals surface area contributed by atoms with Crippen LogP contribution in [0.3, 0.4) is 0 Å². The van der Waals surface area contributed by atoms with Crippen LogP contribution >= 0.6 is 11.8 Å². The van der Waals surface area contributed by atoms with Gasteiger partial charge in [0.2, 0.25) is 5.91 Å². The summed E-state index contributed by atoms with van der Waals surface area (Å²) in [4.78, 5) is 24.8. The van der Waals surface area contributed by atoms with Gasteiger partial charge in [-0.3, -0.25) is 4.79 Å². The first-order valence-corrected chi connectivity index (χ1v) is 8.78. The molecule has 2 aromatic heterocycles. The maximum Gasteiger partial charge on any atom is 0.338 e. The molecule has 4 rings (SSSR count). The minimum atomic E-state index is -0.547. The topological polar surface area (TPSA) is 107 Å². The van der Waals surface area contributed by atoms with Gasteiger partial charge < -0.3 is 18.9 Å². The molecular formula is C17H13N3O5S. The summed E-state index contributed by atoms with van der Waals surface area (Å²) in [5.74, 6) is 0.896. The highest BCUT2D eigenvalue weighted by molar-refractivity contribution is 7.99. The van der Waals surface area contributed by atoms with Gasteiger partial charge in [-0.05, 0) is 30.3 Å². The lowest BCUT2D eigenvalue weighted by molar-refractivity contribution is -0.115. The molecule has 1 aromatic carbocycles.